The van der Waals surface area contributed by atoms with E-state index in [1.807, 2.05) is 19.1 Å². The Labute approximate surface area is 129 Å². The van der Waals surface area contributed by atoms with E-state index in [1.54, 1.807) is 32.0 Å². The van der Waals surface area contributed by atoms with Gasteiger partial charge in [-0.2, -0.15) is 0 Å². The van der Waals surface area contributed by atoms with Crippen molar-refractivity contribution in [2.75, 3.05) is 11.5 Å². The molecule has 1 heterocycles. The van der Waals surface area contributed by atoms with E-state index in [9.17, 15) is 8.42 Å². The maximum atomic E-state index is 12.7. The molecule has 0 fully saturated rings. The van der Waals surface area contributed by atoms with Crippen molar-refractivity contribution in [1.82, 2.24) is 0 Å². The summed E-state index contributed by atoms with van der Waals surface area (Å²) in [5.74, 6) is 1.16. The molecule has 0 aliphatic carbocycles. The van der Waals surface area contributed by atoms with Crippen molar-refractivity contribution in [3.63, 3.8) is 0 Å². The van der Waals surface area contributed by atoms with Crippen LogP contribution in [0.15, 0.2) is 35.2 Å². The molecule has 0 saturated heterocycles. The Morgan fingerprint density at radius 3 is 2.27 bits per heavy atom. The van der Waals surface area contributed by atoms with Crippen LogP contribution in [0.1, 0.15) is 16.7 Å². The van der Waals surface area contributed by atoms with Crippen LogP contribution in [0.5, 0.6) is 11.5 Å². The molecule has 3 rings (SSSR count). The Morgan fingerprint density at radius 1 is 0.955 bits per heavy atom. The fourth-order valence-corrected chi connectivity index (χ4v) is 4.26. The smallest absolute Gasteiger partial charge is 0.262 e. The third kappa shape index (κ3) is 2.62. The van der Waals surface area contributed by atoms with E-state index in [-0.39, 0.29) is 6.79 Å². The Kier molecular flexibility index (Phi) is 3.48. The van der Waals surface area contributed by atoms with E-state index < -0.39 is 10.0 Å². The predicted octanol–water partition coefficient (Wildman–Crippen LogP) is 3.14. The molecule has 0 radical (unpaired) electrons. The van der Waals surface area contributed by atoms with Gasteiger partial charge in [0.2, 0.25) is 6.79 Å². The maximum absolute atomic E-state index is 12.7. The second kappa shape index (κ2) is 5.21. The zero-order valence-corrected chi connectivity index (χ0v) is 13.5. The highest BCUT2D eigenvalue weighted by atomic mass is 32.2. The van der Waals surface area contributed by atoms with Crippen LogP contribution < -0.4 is 14.2 Å². The van der Waals surface area contributed by atoms with Crippen molar-refractivity contribution in [2.45, 2.75) is 25.7 Å². The van der Waals surface area contributed by atoms with Gasteiger partial charge in [0.15, 0.2) is 11.5 Å². The van der Waals surface area contributed by atoms with Crippen molar-refractivity contribution in [2.24, 2.45) is 0 Å². The summed E-state index contributed by atoms with van der Waals surface area (Å²) >= 11 is 0. The molecule has 6 heteroatoms. The lowest BCUT2D eigenvalue weighted by Gasteiger charge is -2.14. The summed E-state index contributed by atoms with van der Waals surface area (Å²) in [5, 5.41) is 0. The van der Waals surface area contributed by atoms with Crippen molar-refractivity contribution < 1.29 is 17.9 Å². The van der Waals surface area contributed by atoms with E-state index in [0.717, 1.165) is 16.7 Å². The van der Waals surface area contributed by atoms with Gasteiger partial charge in [-0.3, -0.25) is 4.72 Å². The number of benzene rings is 2. The van der Waals surface area contributed by atoms with Crippen LogP contribution in [0.4, 0.5) is 5.69 Å². The molecule has 0 bridgehead atoms. The van der Waals surface area contributed by atoms with Gasteiger partial charge in [-0.1, -0.05) is 17.7 Å². The molecule has 1 aliphatic heterocycles. The zero-order valence-electron chi connectivity index (χ0n) is 12.6. The van der Waals surface area contributed by atoms with Crippen molar-refractivity contribution in [3.05, 3.63) is 47.0 Å². The quantitative estimate of drug-likeness (QED) is 0.944. The molecule has 0 spiro atoms. The number of rotatable bonds is 3. The highest BCUT2D eigenvalue weighted by Crippen LogP contribution is 2.35. The lowest BCUT2D eigenvalue weighted by atomic mass is 10.1. The molecular formula is C16H17NO4S. The molecule has 0 aromatic heterocycles. The third-order valence-electron chi connectivity index (χ3n) is 3.50. The first-order valence-corrected chi connectivity index (χ1v) is 8.35. The fraction of sp³-hybridized carbons (Fsp3) is 0.250. The zero-order chi connectivity index (χ0) is 15.9. The predicted molar refractivity (Wildman–Crippen MR) is 84.0 cm³/mol. The van der Waals surface area contributed by atoms with E-state index in [2.05, 4.69) is 4.72 Å². The van der Waals surface area contributed by atoms with Crippen molar-refractivity contribution >= 4 is 15.7 Å². The molecule has 2 aromatic carbocycles. The number of sulfonamides is 1. The van der Waals surface area contributed by atoms with Gasteiger partial charge in [-0.25, -0.2) is 8.42 Å². The number of ether oxygens (including phenoxy) is 2. The van der Waals surface area contributed by atoms with E-state index in [4.69, 9.17) is 9.47 Å². The van der Waals surface area contributed by atoms with Crippen LogP contribution in [-0.2, 0) is 10.0 Å². The summed E-state index contributed by atoms with van der Waals surface area (Å²) < 4.78 is 38.4. The van der Waals surface area contributed by atoms with Gasteiger partial charge in [0.1, 0.15) is 0 Å². The first-order valence-electron chi connectivity index (χ1n) is 6.87. The number of hydrogen-bond acceptors (Lipinski definition) is 4. The number of fused-ring (bicyclic) bond motifs is 1. The molecule has 22 heavy (non-hydrogen) atoms. The van der Waals surface area contributed by atoms with Crippen molar-refractivity contribution in [3.8, 4) is 11.5 Å². The summed E-state index contributed by atoms with van der Waals surface area (Å²) in [6.07, 6.45) is 0. The molecule has 0 unspecified atom stereocenters. The molecule has 1 N–H and O–H groups in total. The third-order valence-corrected chi connectivity index (χ3v) is 5.18. The van der Waals surface area contributed by atoms with Crippen molar-refractivity contribution in [1.29, 1.82) is 0 Å². The molecular weight excluding hydrogens is 302 g/mol. The minimum Gasteiger partial charge on any atom is -0.454 e. The second-order valence-corrected chi connectivity index (χ2v) is 7.02. The van der Waals surface area contributed by atoms with E-state index >= 15 is 0 Å². The van der Waals surface area contributed by atoms with Gasteiger partial charge in [0.05, 0.1) is 10.6 Å². The topological polar surface area (TPSA) is 64.6 Å². The standard InChI is InChI=1S/C16H17NO4S/c1-10-6-11(2)16(12(3)7-10)22(18,19)17-13-4-5-14-15(8-13)21-9-20-14/h4-8,17H,9H2,1-3H3. The van der Waals surface area contributed by atoms with Crippen LogP contribution in [0.25, 0.3) is 0 Å². The second-order valence-electron chi connectivity index (χ2n) is 5.40. The normalized spacial score (nSPS) is 13.2. The van der Waals surface area contributed by atoms with E-state index in [1.165, 1.54) is 0 Å². The van der Waals surface area contributed by atoms with Gasteiger partial charge in [-0.15, -0.1) is 0 Å². The minimum atomic E-state index is -3.66. The Balaban J connectivity index is 1.98. The number of hydrogen-bond donors (Lipinski definition) is 1. The number of aryl methyl sites for hydroxylation is 3. The molecule has 0 atom stereocenters. The molecule has 0 amide bonds. The Morgan fingerprint density at radius 2 is 1.59 bits per heavy atom. The number of anilines is 1. The average molecular weight is 319 g/mol. The van der Waals surface area contributed by atoms with Crippen LogP contribution in [0, 0.1) is 20.8 Å². The monoisotopic (exact) mass is 319 g/mol. The summed E-state index contributed by atoms with van der Waals surface area (Å²) in [5.41, 5.74) is 2.94. The van der Waals surface area contributed by atoms with E-state index in [0.29, 0.717) is 22.1 Å². The number of nitrogens with one attached hydrogen (secondary N) is 1. The fourth-order valence-electron chi connectivity index (χ4n) is 2.76. The summed E-state index contributed by atoms with van der Waals surface area (Å²) in [7, 11) is -3.66. The van der Waals surface area contributed by atoms with Crippen LogP contribution in [0.3, 0.4) is 0 Å². The average Bonchev–Trinajstić information content (AvgIpc) is 2.83. The SMILES string of the molecule is Cc1cc(C)c(S(=O)(=O)Nc2ccc3c(c2)OCO3)c(C)c1. The van der Waals surface area contributed by atoms with Gasteiger partial charge in [0.25, 0.3) is 10.0 Å². The van der Waals surface area contributed by atoms with Gasteiger partial charge >= 0.3 is 0 Å². The van der Waals surface area contributed by atoms with Gasteiger partial charge in [0, 0.05) is 6.07 Å². The van der Waals surface area contributed by atoms with Crippen LogP contribution in [0.2, 0.25) is 0 Å². The summed E-state index contributed by atoms with van der Waals surface area (Å²) in [4.78, 5) is 0.316. The Bertz CT molecular complexity index is 820. The van der Waals surface area contributed by atoms with Crippen LogP contribution >= 0.6 is 0 Å². The highest BCUT2D eigenvalue weighted by molar-refractivity contribution is 7.92. The lowest BCUT2D eigenvalue weighted by molar-refractivity contribution is 0.174. The summed E-state index contributed by atoms with van der Waals surface area (Å²) in [6.45, 7) is 5.70. The highest BCUT2D eigenvalue weighted by Gasteiger charge is 2.21. The maximum Gasteiger partial charge on any atom is 0.262 e. The van der Waals surface area contributed by atoms with Gasteiger partial charge < -0.3 is 9.47 Å². The summed E-state index contributed by atoms with van der Waals surface area (Å²) in [6, 6.07) is 8.69. The first kappa shape index (κ1) is 14.7. The first-order chi connectivity index (χ1) is 10.4. The minimum absolute atomic E-state index is 0.154. The lowest BCUT2D eigenvalue weighted by Crippen LogP contribution is -2.15. The molecule has 1 aliphatic rings. The van der Waals surface area contributed by atoms with Gasteiger partial charge in [-0.05, 0) is 44.0 Å². The molecule has 5 nitrogen and oxygen atoms in total. The van der Waals surface area contributed by atoms with Crippen LogP contribution in [-0.4, -0.2) is 15.2 Å². The molecule has 2 aromatic rings. The largest absolute Gasteiger partial charge is 0.454 e. The molecule has 0 saturated carbocycles. The Hall–Kier alpha value is -2.21. The molecule has 116 valence electrons.